The van der Waals surface area contributed by atoms with Crippen LogP contribution in [0.3, 0.4) is 0 Å². The Morgan fingerprint density at radius 3 is 2.79 bits per heavy atom. The minimum atomic E-state index is -3.28. The summed E-state index contributed by atoms with van der Waals surface area (Å²) in [5, 5.41) is 18.8. The number of halogens is 1. The van der Waals surface area contributed by atoms with Gasteiger partial charge in [0.2, 0.25) is 0 Å². The van der Waals surface area contributed by atoms with Gasteiger partial charge in [-0.25, -0.2) is 12.8 Å². The molecule has 0 amide bonds. The Labute approximate surface area is 172 Å². The highest BCUT2D eigenvalue weighted by molar-refractivity contribution is 7.92. The van der Waals surface area contributed by atoms with Crippen LogP contribution in [0, 0.1) is 5.82 Å². The molecule has 2 aliphatic heterocycles. The summed E-state index contributed by atoms with van der Waals surface area (Å²) < 4.78 is 44.5. The number of rotatable bonds is 7. The molecule has 1 saturated heterocycles. The number of aromatic hydroxyl groups is 1. The summed E-state index contributed by atoms with van der Waals surface area (Å²) in [6.45, 7) is 4.03. The minimum absolute atomic E-state index is 0.0662. The lowest BCUT2D eigenvalue weighted by Gasteiger charge is -2.32. The predicted octanol–water partition coefficient (Wildman–Crippen LogP) is 3.88. The second-order valence-electron chi connectivity index (χ2n) is 7.83. The average molecular weight is 422 g/mol. The Bertz CT molecular complexity index is 925. The third kappa shape index (κ3) is 4.93. The van der Waals surface area contributed by atoms with Crippen LogP contribution in [-0.4, -0.2) is 42.8 Å². The summed E-state index contributed by atoms with van der Waals surface area (Å²) in [5.41, 5.74) is 3.52. The van der Waals surface area contributed by atoms with Crippen molar-refractivity contribution in [2.75, 3.05) is 5.75 Å². The van der Waals surface area contributed by atoms with Gasteiger partial charge in [-0.2, -0.15) is 0 Å². The van der Waals surface area contributed by atoms with Crippen molar-refractivity contribution in [3.05, 3.63) is 46.3 Å². The third-order valence-corrected chi connectivity index (χ3v) is 7.79. The standard InChI is InChI=1S/C21H28BFO5S/c1-3-5-16-13-29(26,27)20-12-22(25)28-19(21(16)20)9-7-14(4-2)10-15-6-8-18(24)17(23)11-15/h6,8,10-11,19-20,24-25H,3-5,7,9,12-13H2,1-2H3/b14-10+/t19-,20+/m1/s1. The zero-order valence-electron chi connectivity index (χ0n) is 16.9. The van der Waals surface area contributed by atoms with Crippen LogP contribution < -0.4 is 0 Å². The molecule has 1 aromatic rings. The molecule has 5 nitrogen and oxygen atoms in total. The van der Waals surface area contributed by atoms with Crippen molar-refractivity contribution in [3.63, 3.8) is 0 Å². The molecule has 0 bridgehead atoms. The molecule has 2 atom stereocenters. The van der Waals surface area contributed by atoms with Crippen LogP contribution in [0.1, 0.15) is 51.5 Å². The molecule has 0 aromatic heterocycles. The van der Waals surface area contributed by atoms with Crippen LogP contribution in [-0.2, 0) is 14.5 Å². The van der Waals surface area contributed by atoms with E-state index in [2.05, 4.69) is 0 Å². The number of phenols is 1. The van der Waals surface area contributed by atoms with E-state index in [9.17, 15) is 22.9 Å². The number of phenolic OH excluding ortho intramolecular Hbond substituents is 1. The van der Waals surface area contributed by atoms with Crippen molar-refractivity contribution in [3.8, 4) is 5.75 Å². The summed E-state index contributed by atoms with van der Waals surface area (Å²) in [6, 6.07) is 4.26. The van der Waals surface area contributed by atoms with Crippen LogP contribution in [0.5, 0.6) is 5.75 Å². The van der Waals surface area contributed by atoms with Crippen LogP contribution in [0.4, 0.5) is 4.39 Å². The Balaban J connectivity index is 1.80. The molecular formula is C21H28BFO5S. The molecule has 0 saturated carbocycles. The number of fused-ring (bicyclic) bond motifs is 1. The van der Waals surface area contributed by atoms with Gasteiger partial charge in [0.1, 0.15) is 0 Å². The van der Waals surface area contributed by atoms with Crippen LogP contribution in [0.2, 0.25) is 6.32 Å². The molecule has 0 unspecified atom stereocenters. The summed E-state index contributed by atoms with van der Waals surface area (Å²) in [6.07, 6.45) is 5.11. The van der Waals surface area contributed by atoms with Gasteiger partial charge in [0.05, 0.1) is 17.1 Å². The van der Waals surface area contributed by atoms with Gasteiger partial charge in [-0.1, -0.05) is 43.6 Å². The van der Waals surface area contributed by atoms with Gasteiger partial charge in [-0.05, 0) is 49.0 Å². The normalized spacial score (nSPS) is 24.1. The quantitative estimate of drug-likeness (QED) is 0.515. The van der Waals surface area contributed by atoms with E-state index in [1.807, 2.05) is 19.9 Å². The summed E-state index contributed by atoms with van der Waals surface area (Å²) in [4.78, 5) is 0. The highest BCUT2D eigenvalue weighted by Gasteiger charge is 2.48. The molecule has 0 aliphatic carbocycles. The summed E-state index contributed by atoms with van der Waals surface area (Å²) in [5.74, 6) is -0.980. The first-order valence-corrected chi connectivity index (χ1v) is 11.9. The second-order valence-corrected chi connectivity index (χ2v) is 10.0. The van der Waals surface area contributed by atoms with Crippen molar-refractivity contribution >= 4 is 23.0 Å². The Kier molecular flexibility index (Phi) is 6.86. The van der Waals surface area contributed by atoms with Crippen LogP contribution >= 0.6 is 0 Å². The van der Waals surface area contributed by atoms with E-state index in [-0.39, 0.29) is 17.8 Å². The number of hydrogen-bond acceptors (Lipinski definition) is 5. The van der Waals surface area contributed by atoms with Crippen molar-refractivity contribution in [1.29, 1.82) is 0 Å². The first-order chi connectivity index (χ1) is 13.7. The zero-order valence-corrected chi connectivity index (χ0v) is 17.7. The molecule has 1 fully saturated rings. The molecule has 2 aliphatic rings. The lowest BCUT2D eigenvalue weighted by molar-refractivity contribution is 0.169. The van der Waals surface area contributed by atoms with Crippen molar-refractivity contribution in [2.24, 2.45) is 0 Å². The molecule has 2 heterocycles. The first kappa shape index (κ1) is 22.1. The Morgan fingerprint density at radius 1 is 1.38 bits per heavy atom. The zero-order chi connectivity index (χ0) is 21.2. The smallest absolute Gasteiger partial charge is 0.456 e. The fourth-order valence-electron chi connectivity index (χ4n) is 4.32. The van der Waals surface area contributed by atoms with E-state index >= 15 is 0 Å². The van der Waals surface area contributed by atoms with Crippen LogP contribution in [0.25, 0.3) is 6.08 Å². The summed E-state index contributed by atoms with van der Waals surface area (Å²) >= 11 is 0. The highest BCUT2D eigenvalue weighted by atomic mass is 32.2. The molecule has 0 spiro atoms. The van der Waals surface area contributed by atoms with Gasteiger partial charge in [0.25, 0.3) is 0 Å². The van der Waals surface area contributed by atoms with E-state index in [4.69, 9.17) is 4.65 Å². The molecule has 2 N–H and O–H groups in total. The molecule has 0 radical (unpaired) electrons. The van der Waals surface area contributed by atoms with Crippen molar-refractivity contribution in [1.82, 2.24) is 0 Å². The van der Waals surface area contributed by atoms with E-state index in [1.54, 1.807) is 6.07 Å². The van der Waals surface area contributed by atoms with Gasteiger partial charge in [-0.15, -0.1) is 0 Å². The van der Waals surface area contributed by atoms with E-state index in [0.29, 0.717) is 18.4 Å². The largest absolute Gasteiger partial charge is 0.505 e. The monoisotopic (exact) mass is 422 g/mol. The highest BCUT2D eigenvalue weighted by Crippen LogP contribution is 2.41. The lowest BCUT2D eigenvalue weighted by Crippen LogP contribution is -2.41. The Morgan fingerprint density at radius 2 is 2.14 bits per heavy atom. The van der Waals surface area contributed by atoms with Crippen LogP contribution in [0.15, 0.2) is 34.9 Å². The number of sulfone groups is 1. The van der Waals surface area contributed by atoms with Gasteiger partial charge in [0, 0.05) is 6.32 Å². The topological polar surface area (TPSA) is 83.8 Å². The molecule has 29 heavy (non-hydrogen) atoms. The molecule has 158 valence electrons. The molecule has 1 aromatic carbocycles. The fourth-order valence-corrected chi connectivity index (χ4v) is 6.48. The second kappa shape index (κ2) is 9.02. The summed E-state index contributed by atoms with van der Waals surface area (Å²) in [7, 11) is -4.36. The molecule has 3 rings (SSSR count). The molecular weight excluding hydrogens is 394 g/mol. The van der Waals surface area contributed by atoms with E-state index in [1.165, 1.54) is 12.1 Å². The van der Waals surface area contributed by atoms with Gasteiger partial charge >= 0.3 is 7.12 Å². The van der Waals surface area contributed by atoms with E-state index < -0.39 is 34.1 Å². The minimum Gasteiger partial charge on any atom is -0.505 e. The molecule has 8 heteroatoms. The van der Waals surface area contributed by atoms with Gasteiger partial charge in [-0.3, -0.25) is 0 Å². The maximum absolute atomic E-state index is 13.6. The van der Waals surface area contributed by atoms with Crippen molar-refractivity contribution < 1.29 is 27.6 Å². The number of allylic oxidation sites excluding steroid dienone is 1. The van der Waals surface area contributed by atoms with Gasteiger partial charge < -0.3 is 14.8 Å². The van der Waals surface area contributed by atoms with Gasteiger partial charge in [0.15, 0.2) is 21.4 Å². The number of hydrogen-bond donors (Lipinski definition) is 2. The maximum Gasteiger partial charge on any atom is 0.456 e. The average Bonchev–Trinajstić information content (AvgIpc) is 2.91. The third-order valence-electron chi connectivity index (χ3n) is 5.72. The SMILES string of the molecule is CCCC1=C2[C@@H](CC/C(=C/c3ccc(O)c(F)c3)CC)OB(O)C[C@@H]2S(=O)(=O)C1. The van der Waals surface area contributed by atoms with Crippen molar-refractivity contribution in [2.45, 2.75) is 63.6 Å². The Hall–Kier alpha value is -1.64. The first-order valence-electron chi connectivity index (χ1n) is 10.2. The predicted molar refractivity (Wildman–Crippen MR) is 113 cm³/mol. The van der Waals surface area contributed by atoms with E-state index in [0.717, 1.165) is 36.0 Å². The lowest BCUT2D eigenvalue weighted by atomic mass is 9.74. The maximum atomic E-state index is 13.6. The fraction of sp³-hybridized carbons (Fsp3) is 0.524. The number of benzene rings is 1.